The molecule has 1 N–H and O–H groups in total. The van der Waals surface area contributed by atoms with Crippen LogP contribution in [0.5, 0.6) is 11.5 Å². The highest BCUT2D eigenvalue weighted by atomic mass is 16.7. The Bertz CT molecular complexity index is 462. The molecule has 0 amide bonds. The van der Waals surface area contributed by atoms with Gasteiger partial charge in [-0.1, -0.05) is 19.9 Å². The summed E-state index contributed by atoms with van der Waals surface area (Å²) in [5.74, 6) is 2.42. The molecule has 0 aromatic heterocycles. The molecule has 1 heterocycles. The molecule has 118 valence electrons. The van der Waals surface area contributed by atoms with E-state index in [0.717, 1.165) is 24.0 Å². The van der Waals surface area contributed by atoms with Gasteiger partial charge in [-0.2, -0.15) is 0 Å². The summed E-state index contributed by atoms with van der Waals surface area (Å²) in [5.41, 5.74) is 1.24. The fourth-order valence-electron chi connectivity index (χ4n) is 2.82. The van der Waals surface area contributed by atoms with Gasteiger partial charge < -0.3 is 19.7 Å². The summed E-state index contributed by atoms with van der Waals surface area (Å²) in [6.45, 7) is 8.15. The number of benzene rings is 1. The largest absolute Gasteiger partial charge is 0.454 e. The van der Waals surface area contributed by atoms with Crippen molar-refractivity contribution in [2.24, 2.45) is 5.92 Å². The molecule has 0 saturated heterocycles. The molecule has 2 unspecified atom stereocenters. The molecule has 1 aromatic rings. The summed E-state index contributed by atoms with van der Waals surface area (Å²) in [6, 6.07) is 7.08. The van der Waals surface area contributed by atoms with E-state index in [1.54, 1.807) is 0 Å². The van der Waals surface area contributed by atoms with Gasteiger partial charge in [-0.3, -0.25) is 0 Å². The van der Waals surface area contributed by atoms with Crippen LogP contribution in [0.3, 0.4) is 0 Å². The zero-order valence-electron chi connectivity index (χ0n) is 13.8. The normalized spacial score (nSPS) is 16.5. The van der Waals surface area contributed by atoms with Crippen LogP contribution >= 0.6 is 0 Å². The Morgan fingerprint density at radius 1 is 1.19 bits per heavy atom. The summed E-state index contributed by atoms with van der Waals surface area (Å²) in [6.07, 6.45) is 1.22. The highest BCUT2D eigenvalue weighted by Gasteiger charge is 2.20. The van der Waals surface area contributed by atoms with Crippen molar-refractivity contribution in [3.8, 4) is 11.5 Å². The summed E-state index contributed by atoms with van der Waals surface area (Å²) in [7, 11) is 4.21. The number of nitrogens with zero attached hydrogens (tertiary/aromatic N) is 1. The molecule has 4 heteroatoms. The number of nitrogens with one attached hydrogen (secondary N) is 1. The first kappa shape index (κ1) is 16.1. The second kappa shape index (κ2) is 7.14. The molecule has 0 bridgehead atoms. The van der Waals surface area contributed by atoms with Crippen molar-refractivity contribution in [1.82, 2.24) is 10.2 Å². The quantitative estimate of drug-likeness (QED) is 0.837. The molecule has 4 nitrogen and oxygen atoms in total. The molecule has 1 aliphatic heterocycles. The molecule has 0 fully saturated rings. The summed E-state index contributed by atoms with van der Waals surface area (Å²) >= 11 is 0. The van der Waals surface area contributed by atoms with Gasteiger partial charge >= 0.3 is 0 Å². The minimum absolute atomic E-state index is 0.291. The average molecular weight is 292 g/mol. The van der Waals surface area contributed by atoms with Crippen LogP contribution in [-0.2, 0) is 0 Å². The summed E-state index contributed by atoms with van der Waals surface area (Å²) < 4.78 is 10.9. The van der Waals surface area contributed by atoms with Crippen LogP contribution in [0, 0.1) is 5.92 Å². The minimum Gasteiger partial charge on any atom is -0.454 e. The van der Waals surface area contributed by atoms with Crippen LogP contribution < -0.4 is 14.8 Å². The second-order valence-electron chi connectivity index (χ2n) is 6.37. The van der Waals surface area contributed by atoms with Crippen molar-refractivity contribution in [3.05, 3.63) is 23.8 Å². The maximum atomic E-state index is 5.48. The van der Waals surface area contributed by atoms with Gasteiger partial charge in [0.25, 0.3) is 0 Å². The maximum Gasteiger partial charge on any atom is 0.231 e. The van der Waals surface area contributed by atoms with Crippen molar-refractivity contribution >= 4 is 0 Å². The van der Waals surface area contributed by atoms with Crippen molar-refractivity contribution in [2.45, 2.75) is 39.3 Å². The number of ether oxygens (including phenoxy) is 2. The SMILES string of the molecule is CNC(CN(C)C(C)CC(C)C)c1ccc2c(c1)OCO2. The van der Waals surface area contributed by atoms with E-state index >= 15 is 0 Å². The third-order valence-electron chi connectivity index (χ3n) is 4.18. The van der Waals surface area contributed by atoms with E-state index in [-0.39, 0.29) is 0 Å². The lowest BCUT2D eigenvalue weighted by atomic mass is 10.0. The molecule has 0 aliphatic carbocycles. The third-order valence-corrected chi connectivity index (χ3v) is 4.18. The zero-order valence-corrected chi connectivity index (χ0v) is 13.8. The number of fused-ring (bicyclic) bond motifs is 1. The van der Waals surface area contributed by atoms with E-state index in [9.17, 15) is 0 Å². The van der Waals surface area contributed by atoms with Gasteiger partial charge in [-0.05, 0) is 51.1 Å². The molecule has 0 saturated carbocycles. The second-order valence-corrected chi connectivity index (χ2v) is 6.37. The van der Waals surface area contributed by atoms with Crippen LogP contribution in [0.1, 0.15) is 38.8 Å². The lowest BCUT2D eigenvalue weighted by molar-refractivity contribution is 0.174. The smallest absolute Gasteiger partial charge is 0.231 e. The van der Waals surface area contributed by atoms with Crippen molar-refractivity contribution < 1.29 is 9.47 Å². The van der Waals surface area contributed by atoms with Crippen molar-refractivity contribution in [1.29, 1.82) is 0 Å². The molecule has 1 aliphatic rings. The van der Waals surface area contributed by atoms with Crippen molar-refractivity contribution in [2.75, 3.05) is 27.4 Å². The first-order valence-corrected chi connectivity index (χ1v) is 7.78. The Morgan fingerprint density at radius 2 is 1.90 bits per heavy atom. The molecule has 1 aromatic carbocycles. The van der Waals surface area contributed by atoms with Gasteiger partial charge in [0.2, 0.25) is 6.79 Å². The topological polar surface area (TPSA) is 33.7 Å². The first-order valence-electron chi connectivity index (χ1n) is 7.78. The van der Waals surface area contributed by atoms with E-state index in [2.05, 4.69) is 50.2 Å². The fraction of sp³-hybridized carbons (Fsp3) is 0.647. The minimum atomic E-state index is 0.291. The predicted molar refractivity (Wildman–Crippen MR) is 85.9 cm³/mol. The number of hydrogen-bond donors (Lipinski definition) is 1. The number of rotatable bonds is 7. The standard InChI is InChI=1S/C17H28N2O2/c1-12(2)8-13(3)19(5)10-15(18-4)14-6-7-16-17(9-14)21-11-20-16/h6-7,9,12-13,15,18H,8,10-11H2,1-5H3. The van der Waals surface area contributed by atoms with Crippen molar-refractivity contribution in [3.63, 3.8) is 0 Å². The van der Waals surface area contributed by atoms with E-state index in [0.29, 0.717) is 18.9 Å². The third kappa shape index (κ3) is 4.11. The average Bonchev–Trinajstić information content (AvgIpc) is 2.90. The van der Waals surface area contributed by atoms with E-state index in [1.807, 2.05) is 13.1 Å². The van der Waals surface area contributed by atoms with Gasteiger partial charge in [-0.25, -0.2) is 0 Å². The highest BCUT2D eigenvalue weighted by Crippen LogP contribution is 2.34. The number of hydrogen-bond acceptors (Lipinski definition) is 4. The molecular formula is C17H28N2O2. The van der Waals surface area contributed by atoms with Gasteiger partial charge in [0.05, 0.1) is 0 Å². The van der Waals surface area contributed by atoms with Crippen LogP contribution in [-0.4, -0.2) is 38.4 Å². The molecule has 2 atom stereocenters. The van der Waals surface area contributed by atoms with Gasteiger partial charge in [0.15, 0.2) is 11.5 Å². The Balaban J connectivity index is 2.02. The van der Waals surface area contributed by atoms with Gasteiger partial charge in [0, 0.05) is 18.6 Å². The highest BCUT2D eigenvalue weighted by molar-refractivity contribution is 5.45. The molecule has 0 spiro atoms. The molecule has 0 radical (unpaired) electrons. The fourth-order valence-corrected chi connectivity index (χ4v) is 2.82. The van der Waals surface area contributed by atoms with Crippen LogP contribution in [0.15, 0.2) is 18.2 Å². The van der Waals surface area contributed by atoms with E-state index in [4.69, 9.17) is 9.47 Å². The monoisotopic (exact) mass is 292 g/mol. The Morgan fingerprint density at radius 3 is 2.57 bits per heavy atom. The summed E-state index contributed by atoms with van der Waals surface area (Å²) in [4.78, 5) is 2.42. The Hall–Kier alpha value is -1.26. The predicted octanol–water partition coefficient (Wildman–Crippen LogP) is 3.04. The van der Waals surface area contributed by atoms with Gasteiger partial charge in [0.1, 0.15) is 0 Å². The number of likely N-dealkylation sites (N-methyl/N-ethyl adjacent to an activating group) is 2. The first-order chi connectivity index (χ1) is 10.0. The molecule has 21 heavy (non-hydrogen) atoms. The Labute approximate surface area is 128 Å². The van der Waals surface area contributed by atoms with Crippen LogP contribution in [0.2, 0.25) is 0 Å². The van der Waals surface area contributed by atoms with E-state index in [1.165, 1.54) is 12.0 Å². The summed E-state index contributed by atoms with van der Waals surface area (Å²) in [5, 5.41) is 3.41. The van der Waals surface area contributed by atoms with E-state index < -0.39 is 0 Å². The molecule has 2 rings (SSSR count). The van der Waals surface area contributed by atoms with Gasteiger partial charge in [-0.15, -0.1) is 0 Å². The lowest BCUT2D eigenvalue weighted by Crippen LogP contribution is -2.37. The lowest BCUT2D eigenvalue weighted by Gasteiger charge is -2.30. The Kier molecular flexibility index (Phi) is 5.48. The molecular weight excluding hydrogens is 264 g/mol. The zero-order chi connectivity index (χ0) is 15.4. The van der Waals surface area contributed by atoms with Crippen LogP contribution in [0.4, 0.5) is 0 Å². The maximum absolute atomic E-state index is 5.48. The van der Waals surface area contributed by atoms with Crippen LogP contribution in [0.25, 0.3) is 0 Å².